The van der Waals surface area contributed by atoms with Crippen LogP contribution in [0.3, 0.4) is 0 Å². The number of nitrogens with zero attached hydrogens (tertiary/aromatic N) is 1. The van der Waals surface area contributed by atoms with Gasteiger partial charge in [0.2, 0.25) is 0 Å². The third-order valence-electron chi connectivity index (χ3n) is 3.47. The van der Waals surface area contributed by atoms with E-state index in [9.17, 15) is 4.79 Å². The van der Waals surface area contributed by atoms with Gasteiger partial charge >= 0.3 is 0 Å². The molecule has 3 rings (SSSR count). The average molecular weight is 410 g/mol. The number of para-hydroxylation sites is 1. The summed E-state index contributed by atoms with van der Waals surface area (Å²) in [5.41, 5.74) is 2.55. The van der Waals surface area contributed by atoms with Gasteiger partial charge in [-0.1, -0.05) is 64.8 Å². The number of hydrogen-bond acceptors (Lipinski definition) is 3. The number of amides is 1. The zero-order valence-corrected chi connectivity index (χ0v) is 15.7. The molecule has 0 aliphatic rings. The molecule has 1 amide bonds. The van der Waals surface area contributed by atoms with E-state index in [1.54, 1.807) is 18.2 Å². The second-order valence-electron chi connectivity index (χ2n) is 5.45. The minimum absolute atomic E-state index is 0.263. The van der Waals surface area contributed by atoms with Gasteiger partial charge in [-0.3, -0.25) is 10.1 Å². The molecule has 1 N–H and O–H groups in total. The summed E-state index contributed by atoms with van der Waals surface area (Å²) in [5, 5.41) is 3.83. The first-order valence-corrected chi connectivity index (χ1v) is 9.10. The van der Waals surface area contributed by atoms with E-state index in [4.69, 9.17) is 11.6 Å². The normalized spacial score (nSPS) is 11.2. The molecule has 2 aromatic carbocycles. The van der Waals surface area contributed by atoms with Gasteiger partial charge in [-0.15, -0.1) is 0 Å². The molecule has 1 heterocycles. The first kappa shape index (κ1) is 16.4. The molecule has 23 heavy (non-hydrogen) atoms. The van der Waals surface area contributed by atoms with Gasteiger partial charge in [0, 0.05) is 4.47 Å². The number of thiazole rings is 1. The highest BCUT2D eigenvalue weighted by atomic mass is 79.9. The summed E-state index contributed by atoms with van der Waals surface area (Å²) in [5.74, 6) is 0.116. The summed E-state index contributed by atoms with van der Waals surface area (Å²) in [6.07, 6.45) is 0. The second kappa shape index (κ2) is 6.59. The minimum Gasteiger partial charge on any atom is -0.298 e. The lowest BCUT2D eigenvalue weighted by Crippen LogP contribution is -2.12. The predicted octanol–water partition coefficient (Wildman–Crippen LogP) is 6.09. The Morgan fingerprint density at radius 1 is 1.30 bits per heavy atom. The summed E-state index contributed by atoms with van der Waals surface area (Å²) in [6, 6.07) is 11.3. The topological polar surface area (TPSA) is 42.0 Å². The predicted molar refractivity (Wildman–Crippen MR) is 101 cm³/mol. The van der Waals surface area contributed by atoms with Crippen LogP contribution in [-0.4, -0.2) is 10.9 Å². The smallest absolute Gasteiger partial charge is 0.258 e. The monoisotopic (exact) mass is 408 g/mol. The third-order valence-corrected chi connectivity index (χ3v) is 5.22. The molecular weight excluding hydrogens is 396 g/mol. The maximum Gasteiger partial charge on any atom is 0.258 e. The molecule has 0 spiro atoms. The Bertz CT molecular complexity index is 891. The van der Waals surface area contributed by atoms with Crippen molar-refractivity contribution in [1.82, 2.24) is 4.98 Å². The maximum absolute atomic E-state index is 12.4. The standard InChI is InChI=1S/C17H14BrClN2OS/c1-9(2)11-4-3-5-14-15(11)20-17(23-14)21-16(22)12-8-10(18)6-7-13(12)19/h3-9H,1-2H3,(H,20,21,22). The average Bonchev–Trinajstić information content (AvgIpc) is 2.91. The van der Waals surface area contributed by atoms with Crippen LogP contribution >= 0.6 is 38.9 Å². The lowest BCUT2D eigenvalue weighted by atomic mass is 10.0. The number of aromatic nitrogens is 1. The molecule has 0 aliphatic carbocycles. The highest BCUT2D eigenvalue weighted by Gasteiger charge is 2.15. The molecule has 0 bridgehead atoms. The molecule has 0 fully saturated rings. The molecule has 0 radical (unpaired) electrons. The van der Waals surface area contributed by atoms with Crippen LogP contribution in [0.4, 0.5) is 5.13 Å². The van der Waals surface area contributed by atoms with Gasteiger partial charge in [0.15, 0.2) is 5.13 Å². The maximum atomic E-state index is 12.4. The van der Waals surface area contributed by atoms with Crippen LogP contribution < -0.4 is 5.32 Å². The fourth-order valence-electron chi connectivity index (χ4n) is 2.33. The lowest BCUT2D eigenvalue weighted by molar-refractivity contribution is 0.102. The van der Waals surface area contributed by atoms with Crippen LogP contribution in [-0.2, 0) is 0 Å². The molecule has 6 heteroatoms. The van der Waals surface area contributed by atoms with Crippen molar-refractivity contribution in [1.29, 1.82) is 0 Å². The zero-order valence-electron chi connectivity index (χ0n) is 12.6. The number of hydrogen-bond donors (Lipinski definition) is 1. The Morgan fingerprint density at radius 3 is 2.83 bits per heavy atom. The van der Waals surface area contributed by atoms with Crippen LogP contribution in [0.2, 0.25) is 5.02 Å². The van der Waals surface area contributed by atoms with Crippen molar-refractivity contribution in [2.45, 2.75) is 19.8 Å². The van der Waals surface area contributed by atoms with Crippen molar-refractivity contribution in [3.8, 4) is 0 Å². The summed E-state index contributed by atoms with van der Waals surface area (Å²) in [6.45, 7) is 4.27. The van der Waals surface area contributed by atoms with Crippen molar-refractivity contribution < 1.29 is 4.79 Å². The van der Waals surface area contributed by atoms with Crippen molar-refractivity contribution in [3.05, 3.63) is 57.0 Å². The molecule has 0 saturated carbocycles. The van der Waals surface area contributed by atoms with Crippen LogP contribution in [0, 0.1) is 0 Å². The SMILES string of the molecule is CC(C)c1cccc2sc(NC(=O)c3cc(Br)ccc3Cl)nc12. The van der Waals surface area contributed by atoms with Gasteiger partial charge in [-0.2, -0.15) is 0 Å². The van der Waals surface area contributed by atoms with Crippen molar-refractivity contribution in [2.75, 3.05) is 5.32 Å². The Kier molecular flexibility index (Phi) is 4.71. The van der Waals surface area contributed by atoms with E-state index in [1.165, 1.54) is 16.9 Å². The third kappa shape index (κ3) is 3.42. The van der Waals surface area contributed by atoms with Gasteiger partial charge in [0.05, 0.1) is 20.8 Å². The van der Waals surface area contributed by atoms with Crippen LogP contribution in [0.25, 0.3) is 10.2 Å². The first-order valence-electron chi connectivity index (χ1n) is 7.11. The van der Waals surface area contributed by atoms with Gasteiger partial charge in [-0.05, 0) is 35.7 Å². The number of fused-ring (bicyclic) bond motifs is 1. The van der Waals surface area contributed by atoms with Crippen LogP contribution in [0.15, 0.2) is 40.9 Å². The minimum atomic E-state index is -0.263. The van der Waals surface area contributed by atoms with Gasteiger partial charge < -0.3 is 0 Å². The van der Waals surface area contributed by atoms with E-state index in [2.05, 4.69) is 46.1 Å². The molecule has 3 nitrogen and oxygen atoms in total. The van der Waals surface area contributed by atoms with Crippen molar-refractivity contribution >= 4 is 60.1 Å². The molecular formula is C17H14BrClN2OS. The number of halogens is 2. The lowest BCUT2D eigenvalue weighted by Gasteiger charge is -2.05. The molecule has 118 valence electrons. The second-order valence-corrected chi connectivity index (χ2v) is 7.80. The van der Waals surface area contributed by atoms with E-state index < -0.39 is 0 Å². The van der Waals surface area contributed by atoms with Gasteiger partial charge in [-0.25, -0.2) is 4.98 Å². The Balaban J connectivity index is 1.94. The highest BCUT2D eigenvalue weighted by Crippen LogP contribution is 2.32. The zero-order chi connectivity index (χ0) is 16.6. The quantitative estimate of drug-likeness (QED) is 0.569. The summed E-state index contributed by atoms with van der Waals surface area (Å²) >= 11 is 10.9. The summed E-state index contributed by atoms with van der Waals surface area (Å²) in [7, 11) is 0. The number of benzene rings is 2. The van der Waals surface area contributed by atoms with Crippen LogP contribution in [0.1, 0.15) is 35.7 Å². The van der Waals surface area contributed by atoms with E-state index in [0.29, 0.717) is 21.6 Å². The summed E-state index contributed by atoms with van der Waals surface area (Å²) < 4.78 is 1.87. The fraction of sp³-hybridized carbons (Fsp3) is 0.176. The Labute approximate surface area is 151 Å². The number of rotatable bonds is 3. The van der Waals surface area contributed by atoms with E-state index in [1.807, 2.05) is 12.1 Å². The number of carbonyl (C=O) groups is 1. The van der Waals surface area contributed by atoms with E-state index in [-0.39, 0.29) is 5.91 Å². The highest BCUT2D eigenvalue weighted by molar-refractivity contribution is 9.10. The number of anilines is 1. The van der Waals surface area contributed by atoms with Crippen LogP contribution in [0.5, 0.6) is 0 Å². The Morgan fingerprint density at radius 2 is 2.09 bits per heavy atom. The molecule has 0 aliphatic heterocycles. The number of carbonyl (C=O) groups excluding carboxylic acids is 1. The van der Waals surface area contributed by atoms with Gasteiger partial charge in [0.25, 0.3) is 5.91 Å². The number of nitrogens with one attached hydrogen (secondary N) is 1. The Hall–Kier alpha value is -1.43. The molecule has 3 aromatic rings. The molecule has 0 atom stereocenters. The molecule has 1 aromatic heterocycles. The molecule has 0 saturated heterocycles. The van der Waals surface area contributed by atoms with Crippen molar-refractivity contribution in [2.24, 2.45) is 0 Å². The fourth-order valence-corrected chi connectivity index (χ4v) is 3.79. The van der Waals surface area contributed by atoms with Crippen molar-refractivity contribution in [3.63, 3.8) is 0 Å². The first-order chi connectivity index (χ1) is 11.0. The summed E-state index contributed by atoms with van der Waals surface area (Å²) in [4.78, 5) is 17.0. The molecule has 0 unspecified atom stereocenters. The van der Waals surface area contributed by atoms with Gasteiger partial charge in [0.1, 0.15) is 0 Å². The van der Waals surface area contributed by atoms with E-state index >= 15 is 0 Å². The largest absolute Gasteiger partial charge is 0.298 e. The van der Waals surface area contributed by atoms with E-state index in [0.717, 1.165) is 14.7 Å².